The van der Waals surface area contributed by atoms with Gasteiger partial charge in [0.1, 0.15) is 0 Å². The maximum atomic E-state index is 12.7. The van der Waals surface area contributed by atoms with Crippen LogP contribution in [0.25, 0.3) is 11.5 Å². The molecule has 0 aliphatic rings. The molecular weight excluding hydrogens is 1000 g/mol. The monoisotopic (exact) mass is 1030 g/mol. The smallest absolute Gasteiger partial charge is 0.267 e. The predicted octanol–water partition coefficient (Wildman–Crippen LogP) is -2.63. The predicted molar refractivity (Wildman–Crippen MR) is 148 cm³/mol. The second-order valence-electron chi connectivity index (χ2n) is 9.18. The van der Waals surface area contributed by atoms with Crippen molar-refractivity contribution in [2.24, 2.45) is 17.8 Å². The number of hydrogen-bond donors (Lipinski definition) is 3. The molecule has 0 spiro atoms. The van der Waals surface area contributed by atoms with Crippen LogP contribution < -0.4 is 34.9 Å². The minimum atomic E-state index is -5.25. The zero-order chi connectivity index (χ0) is 38.7. The van der Waals surface area contributed by atoms with Crippen molar-refractivity contribution in [1.29, 1.82) is 0 Å². The van der Waals surface area contributed by atoms with Gasteiger partial charge in [0, 0.05) is 77.9 Å². The molecule has 0 heterocycles. The number of phosphoric ester groups is 6. The summed E-state index contributed by atoms with van der Waals surface area (Å²) in [6.45, 7) is -10.9. The molecule has 0 aromatic heterocycles. The molecule has 2 radical (unpaired) electrons. The van der Waals surface area contributed by atoms with Crippen molar-refractivity contribution in [3.8, 4) is 0 Å². The zero-order valence-corrected chi connectivity index (χ0v) is 37.6. The summed E-state index contributed by atoms with van der Waals surface area (Å²) in [4.78, 5) is 85.6. The van der Waals surface area contributed by atoms with Crippen molar-refractivity contribution in [2.75, 3.05) is 85.7 Å². The van der Waals surface area contributed by atoms with Crippen LogP contribution in [-0.4, -0.2) is 95.5 Å². The van der Waals surface area contributed by atoms with E-state index in [1.165, 1.54) is 0 Å². The van der Waals surface area contributed by atoms with E-state index in [0.29, 0.717) is 0 Å². The van der Waals surface area contributed by atoms with Crippen LogP contribution in [0.4, 0.5) is 4.48 Å². The first kappa shape index (κ1) is 59.0. The Bertz CT molecular complexity index is 1180. The molecule has 0 saturated carbocycles. The molecule has 0 saturated heterocycles. The van der Waals surface area contributed by atoms with Crippen LogP contribution in [0.15, 0.2) is 0 Å². The molecule has 0 bridgehead atoms. The molecule has 36 heteroatoms. The van der Waals surface area contributed by atoms with Gasteiger partial charge < -0.3 is 95.9 Å². The Morgan fingerprint density at radius 3 is 0.923 bits per heavy atom. The zero-order valence-electron chi connectivity index (χ0n) is 26.5. The number of hydrogen-bond acceptors (Lipinski definition) is 23. The van der Waals surface area contributed by atoms with Crippen LogP contribution in [0, 0.1) is 17.8 Å². The van der Waals surface area contributed by atoms with Gasteiger partial charge >= 0.3 is 0 Å². The molecule has 8 atom stereocenters. The van der Waals surface area contributed by atoms with E-state index in [1.807, 2.05) is 0 Å². The molecule has 27 nitrogen and oxygen atoms in total. The Kier molecular flexibility index (Phi) is 32.9. The number of phosphoric acid groups is 6. The number of rotatable bonds is 32. The standard InChI is InChI=1S/C16H40FN3O24P6.2Y/c17-20-7-16(12-43-49(31,32)37-3-1-35-47(27,28)41-10-14(5-18)8-39-45(21,22)23)13-44-50(33,34)38-4-2-36-48(29,30)42-11-15(6-19)9-40-46(24,25)26;;/h14-16,18-20H,1-13H2,(H,27,28)(H,29,30)(H,31,32)(H,33,34)(H2,21,22,23)(H2,24,25,26);;/q-2;;/p-6. The van der Waals surface area contributed by atoms with Gasteiger partial charge in [0.15, 0.2) is 0 Å². The van der Waals surface area contributed by atoms with Crippen LogP contribution >= 0.6 is 46.9 Å². The van der Waals surface area contributed by atoms with Gasteiger partial charge in [-0.1, -0.05) is 0 Å². The van der Waals surface area contributed by atoms with Gasteiger partial charge in [0.25, 0.3) is 46.9 Å². The fourth-order valence-electron chi connectivity index (χ4n) is 2.54. The summed E-state index contributed by atoms with van der Waals surface area (Å²) in [6.07, 6.45) is 0. The topological polar surface area (TPSA) is 433 Å². The summed E-state index contributed by atoms with van der Waals surface area (Å²) in [5.41, 5.74) is 15.5. The maximum Gasteiger partial charge on any atom is 0.267 e. The van der Waals surface area contributed by atoms with Gasteiger partial charge in [-0.15, -0.1) is 17.6 Å². The van der Waals surface area contributed by atoms with Crippen molar-refractivity contribution < 1.29 is 182 Å². The normalized spacial score (nSPS) is 20.6. The number of halogens is 1. The third-order valence-electron chi connectivity index (χ3n) is 4.93. The minimum absolute atomic E-state index is 0. The van der Waals surface area contributed by atoms with Gasteiger partial charge in [-0.25, -0.2) is 0 Å². The second kappa shape index (κ2) is 29.0. The average Bonchev–Trinajstić information content (AvgIpc) is 2.98. The Morgan fingerprint density at radius 1 is 0.481 bits per heavy atom. The first-order chi connectivity index (χ1) is 22.8. The molecule has 0 rings (SSSR count). The van der Waals surface area contributed by atoms with Crippen molar-refractivity contribution in [1.82, 2.24) is 5.54 Å². The maximum absolute atomic E-state index is 12.7. The van der Waals surface area contributed by atoms with Crippen LogP contribution in [0.3, 0.4) is 0 Å². The average molecular weight is 1040 g/mol. The van der Waals surface area contributed by atoms with Crippen LogP contribution in [0.2, 0.25) is 0 Å². The van der Waals surface area contributed by atoms with Gasteiger partial charge in [0.05, 0.1) is 66.1 Å². The molecule has 52 heavy (non-hydrogen) atoms. The summed E-state index contributed by atoms with van der Waals surface area (Å²) >= 11 is 0. The van der Waals surface area contributed by atoms with E-state index in [2.05, 4.69) is 45.2 Å². The molecule has 0 aromatic rings. The largest absolute Gasteiger partial charge is 0.756 e. The Labute approximate surface area is 346 Å². The van der Waals surface area contributed by atoms with Crippen LogP contribution in [0.1, 0.15) is 0 Å². The molecule has 308 valence electrons. The van der Waals surface area contributed by atoms with Gasteiger partial charge in [-0.2, -0.15) is 5.54 Å². The Morgan fingerprint density at radius 2 is 0.712 bits per heavy atom. The fraction of sp³-hybridized carbons (Fsp3) is 1.00. The Balaban J connectivity index is -0.0000120. The van der Waals surface area contributed by atoms with Crippen LogP contribution in [-0.2, 0) is 138 Å². The molecular formula is C16H34FN3O24P6Y2-8. The molecule has 0 aliphatic heterocycles. The molecule has 5 N–H and O–H groups in total. The van der Waals surface area contributed by atoms with E-state index < -0.39 is 150 Å². The van der Waals surface area contributed by atoms with Crippen molar-refractivity contribution in [2.45, 2.75) is 0 Å². The number of nitrogens with one attached hydrogen (secondary N) is 3. The second-order valence-corrected chi connectivity index (χ2v) is 17.2. The van der Waals surface area contributed by atoms with Crippen molar-refractivity contribution in [3.63, 3.8) is 0 Å². The van der Waals surface area contributed by atoms with E-state index in [9.17, 15) is 61.2 Å². The van der Waals surface area contributed by atoms with Crippen molar-refractivity contribution >= 4 is 46.9 Å². The van der Waals surface area contributed by atoms with Gasteiger partial charge in [0.2, 0.25) is 0 Å². The van der Waals surface area contributed by atoms with E-state index in [4.69, 9.17) is 21.3 Å². The first-order valence-electron chi connectivity index (χ1n) is 13.2. The van der Waals surface area contributed by atoms with Gasteiger partial charge in [-0.05, 0) is 11.8 Å². The Hall–Kier alpha value is 2.68. The molecule has 8 unspecified atom stereocenters. The molecule has 0 fully saturated rings. The van der Waals surface area contributed by atoms with E-state index >= 15 is 0 Å². The fourth-order valence-corrected chi connectivity index (χ4v) is 6.40. The summed E-state index contributed by atoms with van der Waals surface area (Å²) in [7, 11) is -31.0. The first-order valence-corrected chi connectivity index (χ1v) is 22.1. The van der Waals surface area contributed by atoms with Crippen LogP contribution in [0.5, 0.6) is 0 Å². The molecule has 0 amide bonds. The van der Waals surface area contributed by atoms with Gasteiger partial charge in [-0.3, -0.25) is 27.4 Å². The summed E-state index contributed by atoms with van der Waals surface area (Å²) in [5, 5.41) is 0. The summed E-state index contributed by atoms with van der Waals surface area (Å²) in [6, 6.07) is 0. The van der Waals surface area contributed by atoms with E-state index in [0.717, 1.165) is 5.54 Å². The third-order valence-corrected chi connectivity index (χ3v) is 9.73. The molecule has 0 aromatic carbocycles. The molecule has 0 aliphatic carbocycles. The SMILES string of the molecule is [NH-]CC(COP(=O)([O-])O)COP(=O)([O-])OCCOP(=O)([O-])OCC(CNF)COP(=O)([O-])OCCOP(=O)([O-])OCC(C[NH-])COP(=O)([O-])O.[Y].[Y]. The summed E-state index contributed by atoms with van der Waals surface area (Å²) < 4.78 is 124. The quantitative estimate of drug-likeness (QED) is 0.0352. The third kappa shape index (κ3) is 34.7. The van der Waals surface area contributed by atoms with Crippen molar-refractivity contribution in [3.05, 3.63) is 11.5 Å². The minimum Gasteiger partial charge on any atom is -0.756 e. The van der Waals surface area contributed by atoms with E-state index in [1.54, 1.807) is 0 Å². The van der Waals surface area contributed by atoms with E-state index in [-0.39, 0.29) is 65.4 Å². The summed E-state index contributed by atoms with van der Waals surface area (Å²) in [5.74, 6) is -3.63.